The van der Waals surface area contributed by atoms with E-state index >= 15 is 0 Å². The molecule has 0 bridgehead atoms. The van der Waals surface area contributed by atoms with E-state index in [9.17, 15) is 0 Å². The average Bonchev–Trinajstić information content (AvgIpc) is 2.69. The molecule has 0 aliphatic rings. The maximum atomic E-state index is 5.79. The smallest absolute Gasteiger partial charge is 0.191 e. The van der Waals surface area contributed by atoms with E-state index < -0.39 is 0 Å². The molecule has 2 aromatic rings. The summed E-state index contributed by atoms with van der Waals surface area (Å²) in [5.74, 6) is 2.02. The number of aliphatic imine (C=N–C) groups is 1. The van der Waals surface area contributed by atoms with Crippen molar-refractivity contribution in [1.29, 1.82) is 0 Å². The van der Waals surface area contributed by atoms with Crippen LogP contribution >= 0.6 is 24.0 Å². The number of hydrogen-bond donors (Lipinski definition) is 2. The zero-order chi connectivity index (χ0) is 18.6. The lowest BCUT2D eigenvalue weighted by Crippen LogP contribution is -2.39. The van der Waals surface area contributed by atoms with Crippen LogP contribution in [0.2, 0.25) is 0 Å². The second kappa shape index (κ2) is 13.4. The molecule has 27 heavy (non-hydrogen) atoms. The number of rotatable bonds is 9. The van der Waals surface area contributed by atoms with Crippen molar-refractivity contribution in [2.45, 2.75) is 20.1 Å². The first-order chi connectivity index (χ1) is 12.7. The van der Waals surface area contributed by atoms with Gasteiger partial charge in [-0.05, 0) is 29.2 Å². The number of ether oxygens (including phenoxy) is 2. The summed E-state index contributed by atoms with van der Waals surface area (Å²) in [6.45, 7) is 5.00. The van der Waals surface area contributed by atoms with Crippen LogP contribution in [0.1, 0.15) is 18.1 Å². The van der Waals surface area contributed by atoms with Crippen molar-refractivity contribution >= 4 is 29.9 Å². The standard InChI is InChI=1S/C21H29N3O2.HI/c1-17(15-26-16-18-8-5-4-6-9-18)13-23-21(22-2)24-14-19-10-7-11-20(12-19)25-3;/h4-12,17H,13-16H2,1-3H3,(H2,22,23,24);1H. The van der Waals surface area contributed by atoms with Gasteiger partial charge in [0.05, 0.1) is 20.3 Å². The van der Waals surface area contributed by atoms with E-state index in [1.807, 2.05) is 36.4 Å². The highest BCUT2D eigenvalue weighted by molar-refractivity contribution is 14.0. The second-order valence-electron chi connectivity index (χ2n) is 6.26. The van der Waals surface area contributed by atoms with Crippen LogP contribution in [-0.4, -0.2) is 33.3 Å². The first-order valence-electron chi connectivity index (χ1n) is 8.90. The molecule has 5 nitrogen and oxygen atoms in total. The van der Waals surface area contributed by atoms with Crippen LogP contribution in [-0.2, 0) is 17.9 Å². The number of halogens is 1. The van der Waals surface area contributed by atoms with Gasteiger partial charge in [0.1, 0.15) is 5.75 Å². The van der Waals surface area contributed by atoms with Gasteiger partial charge in [-0.2, -0.15) is 0 Å². The fourth-order valence-electron chi connectivity index (χ4n) is 2.47. The Morgan fingerprint density at radius 3 is 2.48 bits per heavy atom. The topological polar surface area (TPSA) is 54.9 Å². The zero-order valence-corrected chi connectivity index (χ0v) is 18.6. The monoisotopic (exact) mass is 483 g/mol. The number of guanidine groups is 1. The number of nitrogens with zero attached hydrogens (tertiary/aromatic N) is 1. The number of nitrogens with one attached hydrogen (secondary N) is 2. The fraction of sp³-hybridized carbons (Fsp3) is 0.381. The Balaban J connectivity index is 0.00000364. The molecule has 0 fully saturated rings. The van der Waals surface area contributed by atoms with Gasteiger partial charge in [-0.3, -0.25) is 4.99 Å². The summed E-state index contributed by atoms with van der Waals surface area (Å²) in [5.41, 5.74) is 2.34. The van der Waals surface area contributed by atoms with Gasteiger partial charge >= 0.3 is 0 Å². The van der Waals surface area contributed by atoms with Gasteiger partial charge < -0.3 is 20.1 Å². The fourth-order valence-corrected chi connectivity index (χ4v) is 2.47. The Kier molecular flexibility index (Phi) is 11.5. The molecule has 0 radical (unpaired) electrons. The van der Waals surface area contributed by atoms with Gasteiger partial charge in [0.25, 0.3) is 0 Å². The lowest BCUT2D eigenvalue weighted by molar-refractivity contribution is 0.0931. The third-order valence-corrected chi connectivity index (χ3v) is 3.95. The summed E-state index contributed by atoms with van der Waals surface area (Å²) >= 11 is 0. The van der Waals surface area contributed by atoms with E-state index in [4.69, 9.17) is 9.47 Å². The van der Waals surface area contributed by atoms with E-state index in [-0.39, 0.29) is 24.0 Å². The minimum absolute atomic E-state index is 0. The van der Waals surface area contributed by atoms with Crippen LogP contribution in [0.3, 0.4) is 0 Å². The summed E-state index contributed by atoms with van der Waals surface area (Å²) in [6.07, 6.45) is 0. The van der Waals surface area contributed by atoms with E-state index in [2.05, 4.69) is 40.7 Å². The van der Waals surface area contributed by atoms with Gasteiger partial charge in [0.15, 0.2) is 5.96 Å². The Morgan fingerprint density at radius 1 is 1.04 bits per heavy atom. The Bertz CT molecular complexity index is 680. The highest BCUT2D eigenvalue weighted by Crippen LogP contribution is 2.12. The molecule has 0 heterocycles. The first kappa shape index (κ1) is 23.2. The van der Waals surface area contributed by atoms with Crippen LogP contribution in [0.5, 0.6) is 5.75 Å². The van der Waals surface area contributed by atoms with E-state index in [1.54, 1.807) is 14.2 Å². The van der Waals surface area contributed by atoms with Crippen molar-refractivity contribution in [2.24, 2.45) is 10.9 Å². The van der Waals surface area contributed by atoms with E-state index in [0.717, 1.165) is 23.8 Å². The van der Waals surface area contributed by atoms with Crippen molar-refractivity contribution in [3.05, 3.63) is 65.7 Å². The predicted molar refractivity (Wildman–Crippen MR) is 122 cm³/mol. The largest absolute Gasteiger partial charge is 0.497 e. The molecule has 2 aromatic carbocycles. The Morgan fingerprint density at radius 2 is 1.78 bits per heavy atom. The number of methoxy groups -OCH3 is 1. The van der Waals surface area contributed by atoms with Crippen molar-refractivity contribution in [2.75, 3.05) is 27.3 Å². The normalized spacial score (nSPS) is 12.0. The Hall–Kier alpha value is -1.80. The van der Waals surface area contributed by atoms with Gasteiger partial charge in [0.2, 0.25) is 0 Å². The van der Waals surface area contributed by atoms with E-state index in [1.165, 1.54) is 5.56 Å². The predicted octanol–water partition coefficient (Wildman–Crippen LogP) is 3.83. The molecule has 0 saturated heterocycles. The average molecular weight is 483 g/mol. The van der Waals surface area contributed by atoms with Crippen molar-refractivity contribution in [1.82, 2.24) is 10.6 Å². The van der Waals surface area contributed by atoms with Crippen molar-refractivity contribution in [3.63, 3.8) is 0 Å². The van der Waals surface area contributed by atoms with Crippen LogP contribution in [0, 0.1) is 5.92 Å². The molecule has 0 saturated carbocycles. The van der Waals surface area contributed by atoms with Crippen LogP contribution in [0.25, 0.3) is 0 Å². The third kappa shape index (κ3) is 9.10. The maximum absolute atomic E-state index is 5.79. The van der Waals surface area contributed by atoms with Crippen molar-refractivity contribution < 1.29 is 9.47 Å². The molecule has 0 aliphatic carbocycles. The van der Waals surface area contributed by atoms with E-state index in [0.29, 0.717) is 25.7 Å². The molecule has 0 aromatic heterocycles. The molecule has 2 rings (SSSR count). The molecule has 2 N–H and O–H groups in total. The molecule has 0 amide bonds. The van der Waals surface area contributed by atoms with Gasteiger partial charge in [0, 0.05) is 20.1 Å². The minimum Gasteiger partial charge on any atom is -0.497 e. The number of hydrogen-bond acceptors (Lipinski definition) is 3. The lowest BCUT2D eigenvalue weighted by Gasteiger charge is -2.16. The molecule has 6 heteroatoms. The highest BCUT2D eigenvalue weighted by atomic mass is 127. The summed E-state index contributed by atoms with van der Waals surface area (Å²) < 4.78 is 11.0. The SMILES string of the molecule is CN=C(NCc1cccc(OC)c1)NCC(C)COCc1ccccc1.I. The quantitative estimate of drug-likeness (QED) is 0.324. The van der Waals surface area contributed by atoms with Crippen LogP contribution in [0.15, 0.2) is 59.6 Å². The second-order valence-corrected chi connectivity index (χ2v) is 6.26. The summed E-state index contributed by atoms with van der Waals surface area (Å²) in [4.78, 5) is 4.27. The van der Waals surface area contributed by atoms with Crippen LogP contribution in [0.4, 0.5) is 0 Å². The molecule has 0 spiro atoms. The summed E-state index contributed by atoms with van der Waals surface area (Å²) in [6, 6.07) is 18.2. The zero-order valence-electron chi connectivity index (χ0n) is 16.3. The first-order valence-corrected chi connectivity index (χ1v) is 8.90. The van der Waals surface area contributed by atoms with Gasteiger partial charge in [-0.1, -0.05) is 49.4 Å². The van der Waals surface area contributed by atoms with Gasteiger partial charge in [-0.15, -0.1) is 24.0 Å². The van der Waals surface area contributed by atoms with Crippen molar-refractivity contribution in [3.8, 4) is 5.75 Å². The molecule has 148 valence electrons. The summed E-state index contributed by atoms with van der Waals surface area (Å²) in [7, 11) is 3.45. The minimum atomic E-state index is 0. The molecule has 0 aliphatic heterocycles. The third-order valence-electron chi connectivity index (χ3n) is 3.95. The highest BCUT2D eigenvalue weighted by Gasteiger charge is 2.05. The Labute approximate surface area is 179 Å². The van der Waals surface area contributed by atoms with Crippen LogP contribution < -0.4 is 15.4 Å². The molecule has 1 atom stereocenters. The van der Waals surface area contributed by atoms with Gasteiger partial charge in [-0.25, -0.2) is 0 Å². The number of benzene rings is 2. The molecular formula is C21H30IN3O2. The molecular weight excluding hydrogens is 453 g/mol. The molecule has 1 unspecified atom stereocenters. The maximum Gasteiger partial charge on any atom is 0.191 e. The lowest BCUT2D eigenvalue weighted by atomic mass is 10.2. The summed E-state index contributed by atoms with van der Waals surface area (Å²) in [5, 5.41) is 6.66.